The summed E-state index contributed by atoms with van der Waals surface area (Å²) in [5.74, 6) is 0.00206. The Morgan fingerprint density at radius 2 is 1.67 bits per heavy atom. The Hall–Kier alpha value is -1.72. The molecule has 1 rings (SSSR count). The lowest BCUT2D eigenvalue weighted by atomic mass is 10.2. The van der Waals surface area contributed by atoms with Crippen LogP contribution in [0.2, 0.25) is 0 Å². The van der Waals surface area contributed by atoms with E-state index in [-0.39, 0.29) is 18.2 Å². The quantitative estimate of drug-likeness (QED) is 0.595. The van der Waals surface area contributed by atoms with Gasteiger partial charge < -0.3 is 10.6 Å². The van der Waals surface area contributed by atoms with Gasteiger partial charge in [-0.1, -0.05) is 43.2 Å². The van der Waals surface area contributed by atoms with Gasteiger partial charge in [0.05, 0.1) is 13.1 Å². The summed E-state index contributed by atoms with van der Waals surface area (Å²) in [4.78, 5) is 27.7. The van der Waals surface area contributed by atoms with Crippen LogP contribution in [0, 0.1) is 0 Å². The number of nitrogens with two attached hydrogens (primary N) is 1. The van der Waals surface area contributed by atoms with Gasteiger partial charge in [0.25, 0.3) is 0 Å². The van der Waals surface area contributed by atoms with Crippen LogP contribution in [-0.4, -0.2) is 54.7 Å². The van der Waals surface area contributed by atoms with Crippen LogP contribution in [0.3, 0.4) is 0 Å². The van der Waals surface area contributed by atoms with Gasteiger partial charge in [-0.2, -0.15) is 0 Å². The predicted molar refractivity (Wildman–Crippen MR) is 97.6 cm³/mol. The van der Waals surface area contributed by atoms with Gasteiger partial charge >= 0.3 is 0 Å². The van der Waals surface area contributed by atoms with Crippen LogP contribution in [0.15, 0.2) is 30.3 Å². The second-order valence-electron chi connectivity index (χ2n) is 6.38. The normalized spacial score (nSPS) is 10.8. The number of benzene rings is 1. The van der Waals surface area contributed by atoms with Gasteiger partial charge in [0.2, 0.25) is 5.91 Å². The molecule has 0 aliphatic rings. The molecule has 0 aromatic heterocycles. The summed E-state index contributed by atoms with van der Waals surface area (Å²) < 4.78 is 0. The summed E-state index contributed by atoms with van der Waals surface area (Å²) in [6.07, 6.45) is 4.40. The highest BCUT2D eigenvalue weighted by molar-refractivity contribution is 5.85. The van der Waals surface area contributed by atoms with Crippen LogP contribution < -0.4 is 5.73 Å². The third kappa shape index (κ3) is 8.79. The van der Waals surface area contributed by atoms with Gasteiger partial charge in [0.15, 0.2) is 0 Å². The lowest BCUT2D eigenvalue weighted by Gasteiger charge is -2.25. The Bertz CT molecular complexity index is 491. The summed E-state index contributed by atoms with van der Waals surface area (Å²) in [7, 11) is 1.95. The molecule has 5 heteroatoms. The maximum Gasteiger partial charge on any atom is 0.237 e. The molecular weight excluding hydrogens is 302 g/mol. The first-order valence-electron chi connectivity index (χ1n) is 8.72. The summed E-state index contributed by atoms with van der Waals surface area (Å²) in [6.45, 7) is 4.13. The van der Waals surface area contributed by atoms with Crippen molar-refractivity contribution in [3.8, 4) is 0 Å². The van der Waals surface area contributed by atoms with Crippen molar-refractivity contribution in [2.24, 2.45) is 5.73 Å². The Labute approximate surface area is 145 Å². The van der Waals surface area contributed by atoms with Crippen molar-refractivity contribution in [3.63, 3.8) is 0 Å². The fraction of sp³-hybridized carbons (Fsp3) is 0.579. The minimum Gasteiger partial charge on any atom is -0.330 e. The lowest BCUT2D eigenvalue weighted by molar-refractivity contribution is -0.136. The van der Waals surface area contributed by atoms with Gasteiger partial charge in [-0.05, 0) is 45.5 Å². The number of hydrogen-bond donors (Lipinski definition) is 1. The highest BCUT2D eigenvalue weighted by Crippen LogP contribution is 2.06. The summed E-state index contributed by atoms with van der Waals surface area (Å²) in [5, 5.41) is 0. The number of nitrogens with zero attached hydrogens (tertiary/aromatic N) is 2. The van der Waals surface area contributed by atoms with Crippen molar-refractivity contribution in [2.45, 2.75) is 39.2 Å². The van der Waals surface area contributed by atoms with Crippen molar-refractivity contribution in [1.29, 1.82) is 0 Å². The van der Waals surface area contributed by atoms with E-state index < -0.39 is 0 Å². The molecule has 1 aromatic rings. The van der Waals surface area contributed by atoms with Crippen molar-refractivity contribution in [3.05, 3.63) is 35.9 Å². The minimum absolute atomic E-state index is 0.00138. The zero-order chi connectivity index (χ0) is 17.8. The molecule has 0 radical (unpaired) electrons. The number of carbonyl (C=O) groups excluding carboxylic acids is 2. The average molecular weight is 333 g/mol. The van der Waals surface area contributed by atoms with Crippen LogP contribution >= 0.6 is 0 Å². The molecule has 0 spiro atoms. The highest BCUT2D eigenvalue weighted by Gasteiger charge is 2.17. The second kappa shape index (κ2) is 11.8. The molecule has 24 heavy (non-hydrogen) atoms. The van der Waals surface area contributed by atoms with Crippen LogP contribution in [0.4, 0.5) is 0 Å². The van der Waals surface area contributed by atoms with Crippen LogP contribution in [0.1, 0.15) is 38.2 Å². The Kier molecular flexibility index (Phi) is 9.96. The topological polar surface area (TPSA) is 66.6 Å². The minimum atomic E-state index is -0.00138. The third-order valence-corrected chi connectivity index (χ3v) is 3.88. The standard InChI is InChI=1S/C19H31N3O2/c1-17(23)14-22(15-18-10-6-5-7-11-18)19(24)16-21(2)13-9-4-3-8-12-20/h5-7,10-11H,3-4,8-9,12-16,20H2,1-2H3. The van der Waals surface area contributed by atoms with E-state index in [9.17, 15) is 9.59 Å². The molecule has 0 fully saturated rings. The smallest absolute Gasteiger partial charge is 0.237 e. The lowest BCUT2D eigenvalue weighted by Crippen LogP contribution is -2.41. The van der Waals surface area contributed by atoms with E-state index in [1.54, 1.807) is 4.90 Å². The molecule has 1 amide bonds. The maximum atomic E-state index is 12.5. The number of likely N-dealkylation sites (N-methyl/N-ethyl adjacent to an activating group) is 1. The Balaban J connectivity index is 2.47. The van der Waals surface area contributed by atoms with Crippen LogP contribution in [0.25, 0.3) is 0 Å². The Morgan fingerprint density at radius 3 is 2.29 bits per heavy atom. The number of hydrogen-bond acceptors (Lipinski definition) is 4. The SMILES string of the molecule is CC(=O)CN(Cc1ccccc1)C(=O)CN(C)CCCCCCN. The fourth-order valence-corrected chi connectivity index (χ4v) is 2.59. The molecule has 2 N–H and O–H groups in total. The maximum absolute atomic E-state index is 12.5. The zero-order valence-electron chi connectivity index (χ0n) is 15.0. The predicted octanol–water partition coefficient (Wildman–Crippen LogP) is 2.06. The molecule has 5 nitrogen and oxygen atoms in total. The van der Waals surface area contributed by atoms with E-state index in [1.807, 2.05) is 42.3 Å². The third-order valence-electron chi connectivity index (χ3n) is 3.88. The van der Waals surface area contributed by atoms with Gasteiger partial charge in [0.1, 0.15) is 5.78 Å². The molecule has 0 aliphatic carbocycles. The monoisotopic (exact) mass is 333 g/mol. The average Bonchev–Trinajstić information content (AvgIpc) is 2.54. The number of carbonyl (C=O) groups is 2. The van der Waals surface area contributed by atoms with Gasteiger partial charge in [0, 0.05) is 6.54 Å². The number of Topliss-reactive ketones (excluding diaryl/α,β-unsaturated/α-hetero) is 1. The van der Waals surface area contributed by atoms with Gasteiger partial charge in [-0.3, -0.25) is 14.5 Å². The number of rotatable bonds is 12. The van der Waals surface area contributed by atoms with Crippen molar-refractivity contribution in [1.82, 2.24) is 9.80 Å². The first-order valence-corrected chi connectivity index (χ1v) is 8.72. The molecule has 0 saturated heterocycles. The first kappa shape index (κ1) is 20.3. The molecule has 0 heterocycles. The van der Waals surface area contributed by atoms with E-state index in [1.165, 1.54) is 6.92 Å². The largest absolute Gasteiger partial charge is 0.330 e. The van der Waals surface area contributed by atoms with Crippen molar-refractivity contribution in [2.75, 3.05) is 33.2 Å². The molecular formula is C19H31N3O2. The molecule has 0 atom stereocenters. The van der Waals surface area contributed by atoms with E-state index in [0.717, 1.165) is 44.3 Å². The molecule has 0 aliphatic heterocycles. The van der Waals surface area contributed by atoms with E-state index in [4.69, 9.17) is 5.73 Å². The zero-order valence-corrected chi connectivity index (χ0v) is 15.0. The number of ketones is 1. The van der Waals surface area contributed by atoms with Crippen molar-refractivity contribution < 1.29 is 9.59 Å². The van der Waals surface area contributed by atoms with Gasteiger partial charge in [-0.25, -0.2) is 0 Å². The second-order valence-corrected chi connectivity index (χ2v) is 6.38. The fourth-order valence-electron chi connectivity index (χ4n) is 2.59. The van der Waals surface area contributed by atoms with E-state index in [2.05, 4.69) is 0 Å². The van der Waals surface area contributed by atoms with Gasteiger partial charge in [-0.15, -0.1) is 0 Å². The molecule has 0 unspecified atom stereocenters. The van der Waals surface area contributed by atoms with Crippen LogP contribution in [0.5, 0.6) is 0 Å². The highest BCUT2D eigenvalue weighted by atomic mass is 16.2. The summed E-state index contributed by atoms with van der Waals surface area (Å²) in [5.41, 5.74) is 6.52. The van der Waals surface area contributed by atoms with E-state index in [0.29, 0.717) is 13.1 Å². The molecule has 134 valence electrons. The Morgan fingerprint density at radius 1 is 1.00 bits per heavy atom. The number of unbranched alkanes of at least 4 members (excludes halogenated alkanes) is 3. The van der Waals surface area contributed by atoms with Crippen LogP contribution in [-0.2, 0) is 16.1 Å². The number of amides is 1. The molecule has 0 bridgehead atoms. The first-order chi connectivity index (χ1) is 11.5. The molecule has 1 aromatic carbocycles. The molecule has 0 saturated carbocycles. The summed E-state index contributed by atoms with van der Waals surface area (Å²) in [6, 6.07) is 9.78. The summed E-state index contributed by atoms with van der Waals surface area (Å²) >= 11 is 0. The van der Waals surface area contributed by atoms with Crippen molar-refractivity contribution >= 4 is 11.7 Å². The van der Waals surface area contributed by atoms with E-state index >= 15 is 0 Å².